The third-order valence-corrected chi connectivity index (χ3v) is 3.85. The molecule has 0 aliphatic carbocycles. The molecule has 1 aliphatic rings. The molecule has 1 atom stereocenters. The van der Waals surface area contributed by atoms with E-state index in [-0.39, 0.29) is 11.9 Å². The van der Waals surface area contributed by atoms with Crippen molar-refractivity contribution in [3.05, 3.63) is 29.8 Å². The first kappa shape index (κ1) is 13.9. The van der Waals surface area contributed by atoms with Gasteiger partial charge in [-0.2, -0.15) is 0 Å². The van der Waals surface area contributed by atoms with Crippen LogP contribution in [0.25, 0.3) is 0 Å². The quantitative estimate of drug-likeness (QED) is 0.882. The molecule has 0 saturated carbocycles. The molecule has 0 spiro atoms. The van der Waals surface area contributed by atoms with Gasteiger partial charge in [0.1, 0.15) is 0 Å². The highest BCUT2D eigenvalue weighted by Gasteiger charge is 2.30. The molecule has 0 bridgehead atoms. The van der Waals surface area contributed by atoms with Crippen LogP contribution in [0.15, 0.2) is 24.3 Å². The fraction of sp³-hybridized carbons (Fsp3) is 0.533. The van der Waals surface area contributed by atoms with Gasteiger partial charge in [0.05, 0.1) is 12.6 Å². The summed E-state index contributed by atoms with van der Waals surface area (Å²) in [7, 11) is 3.82. The monoisotopic (exact) mass is 261 g/mol. The van der Waals surface area contributed by atoms with Crippen molar-refractivity contribution in [1.29, 1.82) is 0 Å². The average molecular weight is 261 g/mol. The number of likely N-dealkylation sites (N-methyl/N-ethyl adjacent to an activating group) is 2. The van der Waals surface area contributed by atoms with E-state index in [1.54, 1.807) is 0 Å². The first-order chi connectivity index (χ1) is 9.17. The Morgan fingerprint density at radius 2 is 2.11 bits per heavy atom. The van der Waals surface area contributed by atoms with Gasteiger partial charge in [-0.1, -0.05) is 25.1 Å². The number of hydrogen-bond donors (Lipinski definition) is 1. The Labute approximate surface area is 115 Å². The molecular formula is C15H23N3O. The zero-order chi connectivity index (χ0) is 13.8. The molecule has 1 amide bonds. The van der Waals surface area contributed by atoms with Crippen molar-refractivity contribution in [2.45, 2.75) is 19.4 Å². The number of carbonyl (C=O) groups is 1. The van der Waals surface area contributed by atoms with Crippen LogP contribution in [0.2, 0.25) is 0 Å². The minimum absolute atomic E-state index is 0.192. The number of anilines is 1. The smallest absolute Gasteiger partial charge is 0.242 e. The number of rotatable bonds is 4. The minimum atomic E-state index is 0.192. The normalized spacial score (nSPS) is 19.9. The number of nitrogens with one attached hydrogen (secondary N) is 1. The predicted molar refractivity (Wildman–Crippen MR) is 78.5 cm³/mol. The van der Waals surface area contributed by atoms with E-state index >= 15 is 0 Å². The highest BCUT2D eigenvalue weighted by molar-refractivity contribution is 5.83. The van der Waals surface area contributed by atoms with Crippen LogP contribution >= 0.6 is 0 Å². The van der Waals surface area contributed by atoms with Crippen molar-refractivity contribution >= 4 is 11.6 Å². The summed E-state index contributed by atoms with van der Waals surface area (Å²) in [5, 5.41) is 3.17. The van der Waals surface area contributed by atoms with Gasteiger partial charge in [-0.3, -0.25) is 4.79 Å². The number of aryl methyl sites for hydroxylation is 1. The van der Waals surface area contributed by atoms with Gasteiger partial charge >= 0.3 is 0 Å². The molecule has 0 radical (unpaired) electrons. The number of para-hydroxylation sites is 1. The summed E-state index contributed by atoms with van der Waals surface area (Å²) in [5.74, 6) is 0.192. The maximum absolute atomic E-state index is 12.1. The molecule has 1 unspecified atom stereocenters. The van der Waals surface area contributed by atoms with Gasteiger partial charge in [-0.15, -0.1) is 0 Å². The highest BCUT2D eigenvalue weighted by Crippen LogP contribution is 2.23. The van der Waals surface area contributed by atoms with Crippen molar-refractivity contribution in [2.75, 3.05) is 38.6 Å². The molecule has 1 saturated heterocycles. The topological polar surface area (TPSA) is 35.6 Å². The van der Waals surface area contributed by atoms with Crippen LogP contribution in [0.4, 0.5) is 5.69 Å². The van der Waals surface area contributed by atoms with E-state index in [4.69, 9.17) is 0 Å². The number of amides is 1. The summed E-state index contributed by atoms with van der Waals surface area (Å²) >= 11 is 0. The van der Waals surface area contributed by atoms with E-state index in [1.165, 1.54) is 11.3 Å². The zero-order valence-corrected chi connectivity index (χ0v) is 12.0. The molecule has 2 rings (SSSR count). The van der Waals surface area contributed by atoms with Crippen molar-refractivity contribution in [3.63, 3.8) is 0 Å². The lowest BCUT2D eigenvalue weighted by Gasteiger charge is -2.40. The molecule has 4 nitrogen and oxygen atoms in total. The Balaban J connectivity index is 2.22. The van der Waals surface area contributed by atoms with E-state index < -0.39 is 0 Å². The Morgan fingerprint density at radius 1 is 1.37 bits per heavy atom. The largest absolute Gasteiger partial charge is 0.360 e. The lowest BCUT2D eigenvalue weighted by molar-refractivity contribution is -0.131. The van der Waals surface area contributed by atoms with Gasteiger partial charge in [-0.25, -0.2) is 0 Å². The molecule has 4 heteroatoms. The lowest BCUT2D eigenvalue weighted by Crippen LogP contribution is -2.57. The summed E-state index contributed by atoms with van der Waals surface area (Å²) in [5.41, 5.74) is 2.51. The lowest BCUT2D eigenvalue weighted by atomic mass is 10.1. The average Bonchev–Trinajstić information content (AvgIpc) is 2.43. The van der Waals surface area contributed by atoms with E-state index in [2.05, 4.69) is 35.3 Å². The first-order valence-corrected chi connectivity index (χ1v) is 6.90. The SMILES string of the molecule is CCc1ccccc1N1CC(=O)N(C)C(CNC)C1. The van der Waals surface area contributed by atoms with E-state index in [0.29, 0.717) is 6.54 Å². The van der Waals surface area contributed by atoms with Gasteiger partial charge in [0.2, 0.25) is 5.91 Å². The second-order valence-corrected chi connectivity index (χ2v) is 5.08. The fourth-order valence-electron chi connectivity index (χ4n) is 2.66. The number of piperazine rings is 1. The van der Waals surface area contributed by atoms with Crippen LogP contribution in [0, 0.1) is 0 Å². The number of carbonyl (C=O) groups excluding carboxylic acids is 1. The van der Waals surface area contributed by atoms with Crippen LogP contribution < -0.4 is 10.2 Å². The van der Waals surface area contributed by atoms with Crippen LogP contribution in [0.1, 0.15) is 12.5 Å². The first-order valence-electron chi connectivity index (χ1n) is 6.90. The standard InChI is InChI=1S/C15H23N3O/c1-4-12-7-5-6-8-14(12)18-10-13(9-16-2)17(3)15(19)11-18/h5-8,13,16H,4,9-11H2,1-3H3. The maximum Gasteiger partial charge on any atom is 0.242 e. The van der Waals surface area contributed by atoms with Crippen LogP contribution in [0.5, 0.6) is 0 Å². The van der Waals surface area contributed by atoms with Gasteiger partial charge in [-0.05, 0) is 25.1 Å². The minimum Gasteiger partial charge on any atom is -0.360 e. The molecule has 1 fully saturated rings. The van der Waals surface area contributed by atoms with Crippen LogP contribution in [-0.2, 0) is 11.2 Å². The zero-order valence-electron chi connectivity index (χ0n) is 12.0. The highest BCUT2D eigenvalue weighted by atomic mass is 16.2. The van der Waals surface area contributed by atoms with Gasteiger partial charge in [0, 0.05) is 25.8 Å². The second-order valence-electron chi connectivity index (χ2n) is 5.08. The van der Waals surface area contributed by atoms with Crippen molar-refractivity contribution in [3.8, 4) is 0 Å². The summed E-state index contributed by atoms with van der Waals surface area (Å²) < 4.78 is 0. The number of hydrogen-bond acceptors (Lipinski definition) is 3. The molecule has 1 heterocycles. The second kappa shape index (κ2) is 6.06. The van der Waals surface area contributed by atoms with E-state index in [9.17, 15) is 4.79 Å². The Hall–Kier alpha value is -1.55. The predicted octanol–water partition coefficient (Wildman–Crippen LogP) is 1.12. The van der Waals surface area contributed by atoms with Gasteiger partial charge in [0.25, 0.3) is 0 Å². The Morgan fingerprint density at radius 3 is 2.79 bits per heavy atom. The van der Waals surface area contributed by atoms with Crippen LogP contribution in [-0.4, -0.2) is 50.6 Å². The molecule has 104 valence electrons. The third-order valence-electron chi connectivity index (χ3n) is 3.85. The van der Waals surface area contributed by atoms with Crippen LogP contribution in [0.3, 0.4) is 0 Å². The third kappa shape index (κ3) is 2.89. The van der Waals surface area contributed by atoms with Gasteiger partial charge in [0.15, 0.2) is 0 Å². The van der Waals surface area contributed by atoms with Crippen molar-refractivity contribution in [1.82, 2.24) is 10.2 Å². The molecule has 1 N–H and O–H groups in total. The Bertz CT molecular complexity index is 447. The molecule has 0 aromatic heterocycles. The number of nitrogens with zero attached hydrogens (tertiary/aromatic N) is 2. The maximum atomic E-state index is 12.1. The van der Waals surface area contributed by atoms with Crippen molar-refractivity contribution in [2.24, 2.45) is 0 Å². The molecular weight excluding hydrogens is 238 g/mol. The molecule has 1 aromatic rings. The summed E-state index contributed by atoms with van der Waals surface area (Å²) in [6.45, 7) is 4.35. The van der Waals surface area contributed by atoms with E-state index in [0.717, 1.165) is 19.5 Å². The number of benzene rings is 1. The van der Waals surface area contributed by atoms with Crippen molar-refractivity contribution < 1.29 is 4.79 Å². The van der Waals surface area contributed by atoms with E-state index in [1.807, 2.05) is 25.1 Å². The fourth-order valence-corrected chi connectivity index (χ4v) is 2.66. The summed E-state index contributed by atoms with van der Waals surface area (Å²) in [6, 6.07) is 8.60. The molecule has 1 aromatic carbocycles. The summed E-state index contributed by atoms with van der Waals surface area (Å²) in [6.07, 6.45) is 0.993. The Kier molecular flexibility index (Phi) is 4.43. The van der Waals surface area contributed by atoms with Gasteiger partial charge < -0.3 is 15.1 Å². The molecule has 19 heavy (non-hydrogen) atoms. The molecule has 1 aliphatic heterocycles. The summed E-state index contributed by atoms with van der Waals surface area (Å²) in [4.78, 5) is 16.2.